The van der Waals surface area contributed by atoms with Crippen LogP contribution in [0.25, 0.3) is 0 Å². The van der Waals surface area contributed by atoms with Crippen molar-refractivity contribution in [1.29, 1.82) is 0 Å². The molecule has 0 saturated carbocycles. The van der Waals surface area contributed by atoms with Crippen molar-refractivity contribution in [2.24, 2.45) is 0 Å². The fraction of sp³-hybridized carbons (Fsp3) is 0.500. The number of carbonyl (C=O) groups excluding carboxylic acids is 1. The molecule has 1 aliphatic rings. The number of nitrogens with one attached hydrogen (secondary N) is 1. The van der Waals surface area contributed by atoms with E-state index in [1.165, 1.54) is 0 Å². The van der Waals surface area contributed by atoms with E-state index in [9.17, 15) is 4.79 Å². The minimum atomic E-state index is -0.0902. The van der Waals surface area contributed by atoms with Crippen molar-refractivity contribution in [2.45, 2.75) is 0 Å². The van der Waals surface area contributed by atoms with Gasteiger partial charge in [0, 0.05) is 46.3 Å². The number of rotatable bonds is 4. The van der Waals surface area contributed by atoms with Gasteiger partial charge in [-0.05, 0) is 12.1 Å². The maximum atomic E-state index is 12.3. The number of halogens is 2. The Bertz CT molecular complexity index is 475. The molecule has 1 aliphatic heterocycles. The van der Waals surface area contributed by atoms with Crippen LogP contribution in [-0.2, 0) is 0 Å². The Kier molecular flexibility index (Phi) is 5.66. The zero-order chi connectivity index (χ0) is 14.5. The first-order valence-electron chi connectivity index (χ1n) is 6.72. The molecule has 1 fully saturated rings. The van der Waals surface area contributed by atoms with Crippen molar-refractivity contribution in [2.75, 3.05) is 46.3 Å². The molecule has 1 aromatic carbocycles. The highest BCUT2D eigenvalue weighted by molar-refractivity contribution is 6.43. The fourth-order valence-corrected chi connectivity index (χ4v) is 2.58. The van der Waals surface area contributed by atoms with Gasteiger partial charge in [0.2, 0.25) is 0 Å². The molecule has 0 bridgehead atoms. The number of piperazine rings is 1. The lowest BCUT2D eigenvalue weighted by Crippen LogP contribution is -2.46. The Hall–Kier alpha value is -0.810. The average molecular weight is 316 g/mol. The summed E-state index contributed by atoms with van der Waals surface area (Å²) in [6.07, 6.45) is 0. The molecule has 20 heavy (non-hydrogen) atoms. The van der Waals surface area contributed by atoms with Gasteiger partial charge in [-0.1, -0.05) is 29.3 Å². The van der Waals surface area contributed by atoms with Gasteiger partial charge in [-0.15, -0.1) is 0 Å². The molecule has 1 amide bonds. The molecular formula is C14H19Cl2N3O. The van der Waals surface area contributed by atoms with Crippen LogP contribution in [0.3, 0.4) is 0 Å². The Labute approximate surface area is 129 Å². The lowest BCUT2D eigenvalue weighted by atomic mass is 10.2. The van der Waals surface area contributed by atoms with Crippen molar-refractivity contribution in [3.05, 3.63) is 33.8 Å². The zero-order valence-corrected chi connectivity index (χ0v) is 13.0. The van der Waals surface area contributed by atoms with E-state index in [2.05, 4.69) is 10.2 Å². The van der Waals surface area contributed by atoms with Gasteiger partial charge >= 0.3 is 0 Å². The molecule has 110 valence electrons. The summed E-state index contributed by atoms with van der Waals surface area (Å²) in [5.41, 5.74) is 0.460. The van der Waals surface area contributed by atoms with Crippen molar-refractivity contribution in [1.82, 2.24) is 15.1 Å². The first-order valence-corrected chi connectivity index (χ1v) is 7.47. The van der Waals surface area contributed by atoms with Crippen molar-refractivity contribution < 1.29 is 4.79 Å². The molecule has 1 N–H and O–H groups in total. The number of carbonyl (C=O) groups is 1. The van der Waals surface area contributed by atoms with Crippen LogP contribution in [-0.4, -0.2) is 62.0 Å². The van der Waals surface area contributed by atoms with Crippen LogP contribution in [0.1, 0.15) is 10.4 Å². The Morgan fingerprint density at radius 1 is 1.35 bits per heavy atom. The second-order valence-corrected chi connectivity index (χ2v) is 5.70. The summed E-state index contributed by atoms with van der Waals surface area (Å²) in [7, 11) is 1.79. The van der Waals surface area contributed by atoms with Gasteiger partial charge in [-0.3, -0.25) is 9.69 Å². The third-order valence-corrected chi connectivity index (χ3v) is 4.31. The molecule has 1 saturated heterocycles. The Morgan fingerprint density at radius 3 is 2.75 bits per heavy atom. The minimum Gasteiger partial charge on any atom is -0.340 e. The summed E-state index contributed by atoms with van der Waals surface area (Å²) in [6.45, 7) is 5.64. The smallest absolute Gasteiger partial charge is 0.255 e. The highest BCUT2D eigenvalue weighted by Crippen LogP contribution is 2.26. The molecule has 6 heteroatoms. The predicted molar refractivity (Wildman–Crippen MR) is 82.7 cm³/mol. The number of benzene rings is 1. The summed E-state index contributed by atoms with van der Waals surface area (Å²) >= 11 is 12.0. The van der Waals surface area contributed by atoms with Crippen LogP contribution in [0.4, 0.5) is 0 Å². The lowest BCUT2D eigenvalue weighted by molar-refractivity contribution is 0.0775. The molecule has 1 aromatic rings. The van der Waals surface area contributed by atoms with E-state index in [0.29, 0.717) is 22.2 Å². The monoisotopic (exact) mass is 315 g/mol. The van der Waals surface area contributed by atoms with E-state index in [0.717, 1.165) is 32.7 Å². The summed E-state index contributed by atoms with van der Waals surface area (Å²) in [6, 6.07) is 5.13. The first-order chi connectivity index (χ1) is 9.59. The second kappa shape index (κ2) is 7.27. The third kappa shape index (κ3) is 3.85. The van der Waals surface area contributed by atoms with Crippen molar-refractivity contribution >= 4 is 29.1 Å². The van der Waals surface area contributed by atoms with E-state index in [-0.39, 0.29) is 5.91 Å². The number of hydrogen-bond acceptors (Lipinski definition) is 3. The zero-order valence-electron chi connectivity index (χ0n) is 11.5. The second-order valence-electron chi connectivity index (χ2n) is 4.92. The van der Waals surface area contributed by atoms with E-state index in [4.69, 9.17) is 23.2 Å². The third-order valence-electron chi connectivity index (χ3n) is 3.49. The molecule has 2 rings (SSSR count). The number of amides is 1. The van der Waals surface area contributed by atoms with Crippen LogP contribution in [0.15, 0.2) is 18.2 Å². The molecule has 0 atom stereocenters. The highest BCUT2D eigenvalue weighted by atomic mass is 35.5. The molecule has 0 aromatic heterocycles. The van der Waals surface area contributed by atoms with Gasteiger partial charge in [0.15, 0.2) is 0 Å². The first kappa shape index (κ1) is 15.6. The normalized spacial score (nSPS) is 16.1. The lowest BCUT2D eigenvalue weighted by Gasteiger charge is -2.29. The van der Waals surface area contributed by atoms with Crippen LogP contribution >= 0.6 is 23.2 Å². The fourth-order valence-electron chi connectivity index (χ4n) is 2.20. The van der Waals surface area contributed by atoms with Crippen LogP contribution in [0, 0.1) is 0 Å². The highest BCUT2D eigenvalue weighted by Gasteiger charge is 2.18. The minimum absolute atomic E-state index is 0.0902. The molecule has 0 radical (unpaired) electrons. The standard InChI is InChI=1S/C14H19Cl2N3O/c1-18(9-10-19-7-5-17-6-8-19)14(20)11-3-2-4-12(15)13(11)16/h2-4,17H,5-10H2,1H3. The van der Waals surface area contributed by atoms with Gasteiger partial charge in [-0.2, -0.15) is 0 Å². The van der Waals surface area contributed by atoms with Crippen molar-refractivity contribution in [3.8, 4) is 0 Å². The number of nitrogens with zero attached hydrogens (tertiary/aromatic N) is 2. The van der Waals surface area contributed by atoms with Gasteiger partial charge in [0.05, 0.1) is 15.6 Å². The topological polar surface area (TPSA) is 35.6 Å². The Balaban J connectivity index is 1.92. The predicted octanol–water partition coefficient (Wildman–Crippen LogP) is 1.97. The Morgan fingerprint density at radius 2 is 2.05 bits per heavy atom. The summed E-state index contributed by atoms with van der Waals surface area (Å²) in [4.78, 5) is 16.4. The molecule has 0 spiro atoms. The van der Waals surface area contributed by atoms with E-state index >= 15 is 0 Å². The van der Waals surface area contributed by atoms with Crippen LogP contribution in [0.2, 0.25) is 10.0 Å². The largest absolute Gasteiger partial charge is 0.340 e. The quantitative estimate of drug-likeness (QED) is 0.922. The van der Waals surface area contributed by atoms with Crippen LogP contribution in [0.5, 0.6) is 0 Å². The van der Waals surface area contributed by atoms with Gasteiger partial charge in [0.25, 0.3) is 5.91 Å². The maximum absolute atomic E-state index is 12.3. The molecule has 1 heterocycles. The van der Waals surface area contributed by atoms with E-state index < -0.39 is 0 Å². The van der Waals surface area contributed by atoms with Crippen LogP contribution < -0.4 is 5.32 Å². The summed E-state index contributed by atoms with van der Waals surface area (Å²) in [5, 5.41) is 4.05. The molecular weight excluding hydrogens is 297 g/mol. The number of hydrogen-bond donors (Lipinski definition) is 1. The van der Waals surface area contributed by atoms with E-state index in [1.54, 1.807) is 30.1 Å². The molecule has 0 unspecified atom stereocenters. The van der Waals surface area contributed by atoms with Gasteiger partial charge in [-0.25, -0.2) is 0 Å². The van der Waals surface area contributed by atoms with Gasteiger partial charge in [0.1, 0.15) is 0 Å². The van der Waals surface area contributed by atoms with Gasteiger partial charge < -0.3 is 10.2 Å². The SMILES string of the molecule is CN(CCN1CCNCC1)C(=O)c1cccc(Cl)c1Cl. The van der Waals surface area contributed by atoms with E-state index in [1.807, 2.05) is 0 Å². The summed E-state index contributed by atoms with van der Waals surface area (Å²) < 4.78 is 0. The average Bonchev–Trinajstić information content (AvgIpc) is 2.48. The molecule has 4 nitrogen and oxygen atoms in total. The summed E-state index contributed by atoms with van der Waals surface area (Å²) in [5.74, 6) is -0.0902. The number of likely N-dealkylation sites (N-methyl/N-ethyl adjacent to an activating group) is 1. The molecule has 0 aliphatic carbocycles. The maximum Gasteiger partial charge on any atom is 0.255 e. The van der Waals surface area contributed by atoms with Crippen molar-refractivity contribution in [3.63, 3.8) is 0 Å².